The van der Waals surface area contributed by atoms with Crippen LogP contribution in [0.1, 0.15) is 77.3 Å². The van der Waals surface area contributed by atoms with Gasteiger partial charge in [-0.15, -0.1) is 0 Å². The van der Waals surface area contributed by atoms with Gasteiger partial charge in [0, 0.05) is 48.1 Å². The number of rotatable bonds is 7. The average Bonchev–Trinajstić information content (AvgIpc) is 3.23. The van der Waals surface area contributed by atoms with Crippen LogP contribution in [0.5, 0.6) is 0 Å². The fraction of sp³-hybridized carbons (Fsp3) is 0.545. The second-order valence-corrected chi connectivity index (χ2v) is 14.3. The molecule has 2 aromatic rings. The Bertz CT molecular complexity index is 1400. The van der Waals surface area contributed by atoms with Crippen molar-refractivity contribution >= 4 is 35.0 Å². The maximum absolute atomic E-state index is 15.8. The van der Waals surface area contributed by atoms with Gasteiger partial charge >= 0.3 is 0 Å². The quantitative estimate of drug-likeness (QED) is 0.354. The molecule has 2 aliphatic heterocycles. The molecular weight excluding hydrogens is 593 g/mol. The summed E-state index contributed by atoms with van der Waals surface area (Å²) in [4.78, 5) is 28.5. The number of piperidine rings is 1. The van der Waals surface area contributed by atoms with E-state index in [1.807, 2.05) is 39.5 Å². The Morgan fingerprint density at radius 1 is 1.16 bits per heavy atom. The van der Waals surface area contributed by atoms with Gasteiger partial charge < -0.3 is 15.5 Å². The van der Waals surface area contributed by atoms with E-state index in [4.69, 9.17) is 23.2 Å². The Kier molecular flexibility index (Phi) is 10.1. The minimum atomic E-state index is -1.68. The summed E-state index contributed by atoms with van der Waals surface area (Å²) in [7, 11) is 0. The highest BCUT2D eigenvalue weighted by atomic mass is 35.5. The van der Waals surface area contributed by atoms with Gasteiger partial charge in [0.25, 0.3) is 0 Å². The number of likely N-dealkylation sites (tertiary alicyclic amines) is 1. The summed E-state index contributed by atoms with van der Waals surface area (Å²) in [5.74, 6) is -2.64. The molecule has 2 fully saturated rings. The first-order valence-electron chi connectivity index (χ1n) is 14.8. The van der Waals surface area contributed by atoms with Crippen LogP contribution in [-0.2, 0) is 15.0 Å². The first kappa shape index (κ1) is 33.2. The van der Waals surface area contributed by atoms with Gasteiger partial charge in [0.2, 0.25) is 11.8 Å². The second kappa shape index (κ2) is 13.1. The molecule has 2 aromatic carbocycles. The van der Waals surface area contributed by atoms with Crippen molar-refractivity contribution in [2.45, 2.75) is 89.8 Å². The number of benzene rings is 2. The first-order valence-corrected chi connectivity index (χ1v) is 15.6. The van der Waals surface area contributed by atoms with Gasteiger partial charge in [0.05, 0.1) is 17.1 Å². The van der Waals surface area contributed by atoms with Crippen LogP contribution >= 0.6 is 23.2 Å². The fourth-order valence-corrected chi connectivity index (χ4v) is 6.94. The Morgan fingerprint density at radius 2 is 1.84 bits per heavy atom. The van der Waals surface area contributed by atoms with Gasteiger partial charge in [-0.25, -0.2) is 8.78 Å². The second-order valence-electron chi connectivity index (χ2n) is 13.4. The number of nitriles is 1. The highest BCUT2D eigenvalue weighted by molar-refractivity contribution is 6.31. The molecule has 2 amide bonds. The normalized spacial score (nSPS) is 24.7. The number of halogens is 4. The van der Waals surface area contributed by atoms with E-state index >= 15 is 8.78 Å². The highest BCUT2D eigenvalue weighted by Gasteiger charge is 2.61. The third-order valence-corrected chi connectivity index (χ3v) is 9.04. The van der Waals surface area contributed by atoms with Crippen LogP contribution in [0.15, 0.2) is 36.4 Å². The van der Waals surface area contributed by atoms with Crippen LogP contribution in [0.2, 0.25) is 10.0 Å². The number of carbonyl (C=O) groups is 2. The predicted molar refractivity (Wildman–Crippen MR) is 165 cm³/mol. The van der Waals surface area contributed by atoms with Gasteiger partial charge in [0.1, 0.15) is 17.0 Å². The van der Waals surface area contributed by atoms with Crippen molar-refractivity contribution < 1.29 is 18.4 Å². The van der Waals surface area contributed by atoms with E-state index in [9.17, 15) is 14.9 Å². The Labute approximate surface area is 263 Å². The number of nitrogens with one attached hydrogen (secondary N) is 2. The lowest BCUT2D eigenvalue weighted by Crippen LogP contribution is -2.52. The summed E-state index contributed by atoms with van der Waals surface area (Å²) in [5.41, 5.74) is -1.91. The molecule has 2 aliphatic rings. The van der Waals surface area contributed by atoms with Crippen molar-refractivity contribution in [3.63, 3.8) is 0 Å². The zero-order chi connectivity index (χ0) is 31.7. The summed E-state index contributed by atoms with van der Waals surface area (Å²) in [6.45, 7) is 11.0. The summed E-state index contributed by atoms with van der Waals surface area (Å²) >= 11 is 12.3. The van der Waals surface area contributed by atoms with Crippen LogP contribution in [0.25, 0.3) is 0 Å². The maximum atomic E-state index is 15.8. The zero-order valence-electron chi connectivity index (χ0n) is 25.3. The molecule has 0 aliphatic carbocycles. The number of hydrogen-bond donors (Lipinski definition) is 2. The van der Waals surface area contributed by atoms with E-state index in [0.29, 0.717) is 38.8 Å². The summed E-state index contributed by atoms with van der Waals surface area (Å²) in [6.07, 6.45) is 2.00. The molecule has 0 unspecified atom stereocenters. The van der Waals surface area contributed by atoms with Crippen LogP contribution in [0, 0.1) is 34.3 Å². The van der Waals surface area contributed by atoms with Gasteiger partial charge in [0.15, 0.2) is 0 Å². The molecule has 2 saturated heterocycles. The summed E-state index contributed by atoms with van der Waals surface area (Å²) < 4.78 is 31.6. The lowest BCUT2D eigenvalue weighted by atomic mass is 9.62. The average molecular weight is 634 g/mol. The SMILES string of the molecule is CC(C)CC(=O)N1CCC(NC(=O)[C@@H]2N[C@@H](CC(C)(C)C)[C@](C#N)(c3ccc(Cl)cc3F)[C@H]2c2cccc(Cl)c2F)CC1. The first-order chi connectivity index (χ1) is 20.2. The Morgan fingerprint density at radius 3 is 2.42 bits per heavy atom. The zero-order valence-corrected chi connectivity index (χ0v) is 26.8. The smallest absolute Gasteiger partial charge is 0.238 e. The number of carbonyl (C=O) groups excluding carboxylic acids is 2. The number of nitrogens with zero attached hydrogens (tertiary/aromatic N) is 2. The van der Waals surface area contributed by atoms with Crippen LogP contribution in [0.4, 0.5) is 8.78 Å². The molecule has 10 heteroatoms. The van der Waals surface area contributed by atoms with Crippen LogP contribution < -0.4 is 10.6 Å². The highest BCUT2D eigenvalue weighted by Crippen LogP contribution is 2.52. The van der Waals surface area contributed by atoms with Crippen molar-refractivity contribution in [2.24, 2.45) is 11.3 Å². The van der Waals surface area contributed by atoms with Crippen LogP contribution in [0.3, 0.4) is 0 Å². The van der Waals surface area contributed by atoms with Crippen molar-refractivity contribution in [1.29, 1.82) is 5.26 Å². The maximum Gasteiger partial charge on any atom is 0.238 e. The molecule has 0 bridgehead atoms. The third-order valence-electron chi connectivity index (χ3n) is 8.51. The molecule has 2 heterocycles. The van der Waals surface area contributed by atoms with E-state index in [1.54, 1.807) is 6.07 Å². The van der Waals surface area contributed by atoms with Gasteiger partial charge in [-0.3, -0.25) is 9.59 Å². The molecular formula is C33H40Cl2F2N4O2. The van der Waals surface area contributed by atoms with Crippen LogP contribution in [-0.4, -0.2) is 47.9 Å². The summed E-state index contributed by atoms with van der Waals surface area (Å²) in [6, 6.07) is 8.92. The number of amides is 2. The third kappa shape index (κ3) is 7.00. The molecule has 0 spiro atoms. The molecule has 4 atom stereocenters. The van der Waals surface area contributed by atoms with Gasteiger partial charge in [-0.2, -0.15) is 5.26 Å². The lowest BCUT2D eigenvalue weighted by Gasteiger charge is -2.37. The van der Waals surface area contributed by atoms with Crippen molar-refractivity contribution in [3.8, 4) is 6.07 Å². The molecule has 232 valence electrons. The van der Waals surface area contributed by atoms with E-state index in [-0.39, 0.29) is 44.5 Å². The Hall–Kier alpha value is -2.73. The molecule has 0 saturated carbocycles. The molecule has 6 nitrogen and oxygen atoms in total. The minimum absolute atomic E-state index is 0.0396. The molecule has 2 N–H and O–H groups in total. The minimum Gasteiger partial charge on any atom is -0.352 e. The van der Waals surface area contributed by atoms with Crippen molar-refractivity contribution in [1.82, 2.24) is 15.5 Å². The molecule has 0 aromatic heterocycles. The lowest BCUT2D eigenvalue weighted by molar-refractivity contribution is -0.133. The fourth-order valence-electron chi connectivity index (χ4n) is 6.60. The van der Waals surface area contributed by atoms with E-state index in [1.165, 1.54) is 24.3 Å². The predicted octanol–water partition coefficient (Wildman–Crippen LogP) is 6.75. The standard InChI is InChI=1S/C33H40Cl2F2N4O2/c1-19(2)15-27(42)41-13-11-21(12-14-41)39-31(43)30-28(22-7-6-8-24(35)29(22)37)33(18-38,26(40-30)17-32(3,4)5)23-10-9-20(34)16-25(23)36/h6-10,16,19,21,26,28,30,40H,11-15,17H2,1-5H3,(H,39,43)/t26-,28-,30+,33-/m0/s1. The molecule has 4 rings (SSSR count). The van der Waals surface area contributed by atoms with Gasteiger partial charge in [-0.05, 0) is 54.4 Å². The van der Waals surface area contributed by atoms with Crippen molar-refractivity contribution in [3.05, 3.63) is 69.2 Å². The Balaban J connectivity index is 1.75. The van der Waals surface area contributed by atoms with E-state index < -0.39 is 41.0 Å². The van der Waals surface area contributed by atoms with E-state index in [0.717, 1.165) is 6.07 Å². The van der Waals surface area contributed by atoms with Gasteiger partial charge in [-0.1, -0.05) is 76.0 Å². The van der Waals surface area contributed by atoms with Crippen molar-refractivity contribution in [2.75, 3.05) is 13.1 Å². The monoisotopic (exact) mass is 632 g/mol. The van der Waals surface area contributed by atoms with E-state index in [2.05, 4.69) is 16.7 Å². The molecule has 0 radical (unpaired) electrons. The summed E-state index contributed by atoms with van der Waals surface area (Å²) in [5, 5.41) is 17.4. The molecule has 43 heavy (non-hydrogen) atoms. The number of hydrogen-bond acceptors (Lipinski definition) is 4. The largest absolute Gasteiger partial charge is 0.352 e. The topological polar surface area (TPSA) is 85.2 Å².